The first-order valence-corrected chi connectivity index (χ1v) is 10.2. The van der Waals surface area contributed by atoms with Gasteiger partial charge in [-0.05, 0) is 35.9 Å². The lowest BCUT2D eigenvalue weighted by Gasteiger charge is -2.29. The van der Waals surface area contributed by atoms with E-state index >= 15 is 0 Å². The molecule has 0 unspecified atom stereocenters. The van der Waals surface area contributed by atoms with Gasteiger partial charge in [0.05, 0.1) is 13.2 Å². The van der Waals surface area contributed by atoms with Crippen LogP contribution in [0.3, 0.4) is 0 Å². The summed E-state index contributed by atoms with van der Waals surface area (Å²) in [5.74, 6) is -1.08. The van der Waals surface area contributed by atoms with E-state index in [-0.39, 0.29) is 23.0 Å². The maximum absolute atomic E-state index is 12.7. The second-order valence-corrected chi connectivity index (χ2v) is 7.25. The van der Waals surface area contributed by atoms with Gasteiger partial charge < -0.3 is 24.0 Å². The van der Waals surface area contributed by atoms with Gasteiger partial charge in [-0.15, -0.1) is 0 Å². The Morgan fingerprint density at radius 2 is 1.73 bits per heavy atom. The second kappa shape index (κ2) is 11.6. The van der Waals surface area contributed by atoms with Gasteiger partial charge in [-0.2, -0.15) is 17.6 Å². The number of anilines is 1. The molecule has 33 heavy (non-hydrogen) atoms. The van der Waals surface area contributed by atoms with Gasteiger partial charge in [-0.1, -0.05) is 12.1 Å². The molecule has 0 aliphatic carbocycles. The molecular weight excluding hydrogens is 444 g/mol. The molecule has 1 aliphatic rings. The highest BCUT2D eigenvalue weighted by Gasteiger charge is 2.14. The molecule has 1 amide bonds. The van der Waals surface area contributed by atoms with Crippen molar-refractivity contribution >= 4 is 17.7 Å². The Kier molecular flexibility index (Phi) is 8.53. The molecular formula is C23H24F4N2O4. The molecule has 1 heterocycles. The van der Waals surface area contributed by atoms with Crippen molar-refractivity contribution in [2.75, 3.05) is 38.3 Å². The molecule has 3 rings (SSSR count). The molecule has 2 aromatic rings. The molecule has 178 valence electrons. The van der Waals surface area contributed by atoms with Gasteiger partial charge in [0.1, 0.15) is 11.5 Å². The van der Waals surface area contributed by atoms with Crippen LogP contribution in [-0.4, -0.2) is 57.4 Å². The van der Waals surface area contributed by atoms with E-state index in [2.05, 4.69) is 14.4 Å². The third-order valence-electron chi connectivity index (χ3n) is 4.94. The summed E-state index contributed by atoms with van der Waals surface area (Å²) in [5.41, 5.74) is 2.13. The molecule has 0 aromatic heterocycles. The number of hydrogen-bond donors (Lipinski definition) is 0. The number of carbonyl (C=O) groups is 1. The topological polar surface area (TPSA) is 51.2 Å². The van der Waals surface area contributed by atoms with Crippen LogP contribution in [0.2, 0.25) is 0 Å². The van der Waals surface area contributed by atoms with E-state index in [0.29, 0.717) is 19.8 Å². The first kappa shape index (κ1) is 24.4. The van der Waals surface area contributed by atoms with Crippen LogP contribution >= 0.6 is 0 Å². The Bertz CT molecular complexity index is 948. The van der Waals surface area contributed by atoms with E-state index < -0.39 is 13.2 Å². The van der Waals surface area contributed by atoms with Gasteiger partial charge in [0.2, 0.25) is 5.91 Å². The Morgan fingerprint density at radius 3 is 2.36 bits per heavy atom. The fraction of sp³-hybridized carbons (Fsp3) is 0.348. The summed E-state index contributed by atoms with van der Waals surface area (Å²) in [6, 6.07) is 11.2. The number of hydrogen-bond acceptors (Lipinski definition) is 5. The highest BCUT2D eigenvalue weighted by molar-refractivity contribution is 5.92. The van der Waals surface area contributed by atoms with Gasteiger partial charge in [0, 0.05) is 50.1 Å². The number of rotatable bonds is 9. The van der Waals surface area contributed by atoms with Crippen molar-refractivity contribution in [1.82, 2.24) is 4.90 Å². The molecule has 1 fully saturated rings. The lowest BCUT2D eigenvalue weighted by molar-refractivity contribution is -0.125. The zero-order chi connectivity index (χ0) is 23.8. The Morgan fingerprint density at radius 1 is 1.06 bits per heavy atom. The van der Waals surface area contributed by atoms with Gasteiger partial charge in [-0.25, -0.2) is 0 Å². The number of ether oxygens (including phenoxy) is 3. The van der Waals surface area contributed by atoms with Crippen LogP contribution in [0.5, 0.6) is 11.5 Å². The second-order valence-electron chi connectivity index (χ2n) is 7.25. The third kappa shape index (κ3) is 7.38. The number of benzene rings is 2. The largest absolute Gasteiger partial charge is 0.435 e. The maximum Gasteiger partial charge on any atom is 0.387 e. The van der Waals surface area contributed by atoms with Crippen LogP contribution in [0.15, 0.2) is 48.5 Å². The number of amides is 1. The molecule has 10 heteroatoms. The molecule has 6 nitrogen and oxygen atoms in total. The Balaban J connectivity index is 1.63. The first-order chi connectivity index (χ1) is 15.8. The van der Waals surface area contributed by atoms with E-state index in [1.165, 1.54) is 29.2 Å². The first-order valence-electron chi connectivity index (χ1n) is 10.2. The molecule has 0 bridgehead atoms. The summed E-state index contributed by atoms with van der Waals surface area (Å²) in [7, 11) is 1.61. The van der Waals surface area contributed by atoms with Crippen LogP contribution in [0.4, 0.5) is 23.2 Å². The summed E-state index contributed by atoms with van der Waals surface area (Å²) in [6.45, 7) is -2.89. The zero-order valence-electron chi connectivity index (χ0n) is 17.9. The van der Waals surface area contributed by atoms with Crippen molar-refractivity contribution < 1.29 is 36.6 Å². The molecule has 0 atom stereocenters. The number of alkyl halides is 4. The molecule has 0 spiro atoms. The number of halogens is 4. The molecule has 0 saturated carbocycles. The van der Waals surface area contributed by atoms with Crippen LogP contribution < -0.4 is 14.4 Å². The fourth-order valence-corrected chi connectivity index (χ4v) is 3.30. The van der Waals surface area contributed by atoms with E-state index in [9.17, 15) is 22.4 Å². The molecule has 0 N–H and O–H groups in total. The highest BCUT2D eigenvalue weighted by Crippen LogP contribution is 2.28. The predicted molar refractivity (Wildman–Crippen MR) is 115 cm³/mol. The average molecular weight is 468 g/mol. The van der Waals surface area contributed by atoms with Crippen molar-refractivity contribution in [3.63, 3.8) is 0 Å². The van der Waals surface area contributed by atoms with Gasteiger partial charge in [0.25, 0.3) is 0 Å². The minimum Gasteiger partial charge on any atom is -0.435 e. The van der Waals surface area contributed by atoms with E-state index in [1.54, 1.807) is 7.05 Å². The van der Waals surface area contributed by atoms with Crippen LogP contribution in [0.25, 0.3) is 6.08 Å². The number of morpholine rings is 1. The highest BCUT2D eigenvalue weighted by atomic mass is 19.3. The van der Waals surface area contributed by atoms with Crippen molar-refractivity contribution in [2.24, 2.45) is 0 Å². The van der Waals surface area contributed by atoms with E-state index in [4.69, 9.17) is 4.74 Å². The van der Waals surface area contributed by atoms with Gasteiger partial charge >= 0.3 is 13.2 Å². The molecule has 0 radical (unpaired) electrons. The molecule has 2 aromatic carbocycles. The quantitative estimate of drug-likeness (QED) is 0.404. The minimum absolute atomic E-state index is 0.119. The Labute approximate surface area is 188 Å². The number of carbonyl (C=O) groups excluding carboxylic acids is 1. The van der Waals surface area contributed by atoms with Gasteiger partial charge in [-0.3, -0.25) is 4.79 Å². The molecule has 1 aliphatic heterocycles. The fourth-order valence-electron chi connectivity index (χ4n) is 3.30. The summed E-state index contributed by atoms with van der Waals surface area (Å²) in [5, 5.41) is 0. The Hall–Kier alpha value is -3.27. The minimum atomic E-state index is -3.17. The SMILES string of the molecule is CN(Cc1ccc(N2CCOCC2)cc1)C(=O)/C=C/c1ccc(OC(F)F)cc1OC(F)F. The van der Waals surface area contributed by atoms with E-state index in [0.717, 1.165) is 30.4 Å². The zero-order valence-corrected chi connectivity index (χ0v) is 17.9. The predicted octanol–water partition coefficient (Wildman–Crippen LogP) is 4.40. The van der Waals surface area contributed by atoms with Crippen LogP contribution in [-0.2, 0) is 16.1 Å². The summed E-state index contributed by atoms with van der Waals surface area (Å²) in [6.07, 6.45) is 2.48. The summed E-state index contributed by atoms with van der Waals surface area (Å²) >= 11 is 0. The number of nitrogens with zero attached hydrogens (tertiary/aromatic N) is 2. The molecule has 1 saturated heterocycles. The maximum atomic E-state index is 12.7. The number of likely N-dealkylation sites (N-methyl/N-ethyl adjacent to an activating group) is 1. The van der Waals surface area contributed by atoms with Crippen molar-refractivity contribution in [3.8, 4) is 11.5 Å². The van der Waals surface area contributed by atoms with Gasteiger partial charge in [0.15, 0.2) is 0 Å². The van der Waals surface area contributed by atoms with E-state index in [1.807, 2.05) is 24.3 Å². The normalized spacial score (nSPS) is 14.2. The summed E-state index contributed by atoms with van der Waals surface area (Å²) in [4.78, 5) is 16.2. The smallest absolute Gasteiger partial charge is 0.387 e. The van der Waals surface area contributed by atoms with Crippen LogP contribution in [0, 0.1) is 0 Å². The van der Waals surface area contributed by atoms with Crippen molar-refractivity contribution in [1.29, 1.82) is 0 Å². The van der Waals surface area contributed by atoms with Crippen LogP contribution in [0.1, 0.15) is 11.1 Å². The lowest BCUT2D eigenvalue weighted by Crippen LogP contribution is -2.36. The average Bonchev–Trinajstić information content (AvgIpc) is 2.78. The third-order valence-corrected chi connectivity index (χ3v) is 4.94. The standard InChI is InChI=1S/C23H24F4N2O4/c1-28(15-16-2-6-18(7-3-16)29-10-12-31-13-11-29)21(30)9-5-17-4-8-19(32-22(24)25)14-20(17)33-23(26)27/h2-9,14,22-23H,10-13,15H2,1H3/b9-5+. The van der Waals surface area contributed by atoms with Crippen molar-refractivity contribution in [3.05, 3.63) is 59.7 Å². The monoisotopic (exact) mass is 468 g/mol. The summed E-state index contributed by atoms with van der Waals surface area (Å²) < 4.78 is 64.1. The van der Waals surface area contributed by atoms with Crippen molar-refractivity contribution in [2.45, 2.75) is 19.8 Å². The lowest BCUT2D eigenvalue weighted by atomic mass is 10.1.